The van der Waals surface area contributed by atoms with Gasteiger partial charge in [-0.1, -0.05) is 78.9 Å². The summed E-state index contributed by atoms with van der Waals surface area (Å²) in [5, 5.41) is 1.18. The van der Waals surface area contributed by atoms with Crippen molar-refractivity contribution in [1.82, 2.24) is 0 Å². The summed E-state index contributed by atoms with van der Waals surface area (Å²) in [5.41, 5.74) is -29.4. The zero-order valence-electron chi connectivity index (χ0n) is 37.1. The third kappa shape index (κ3) is 14.4. The molecule has 0 spiro atoms. The largest absolute Gasteiger partial charge is 0.416 e. The summed E-state index contributed by atoms with van der Waals surface area (Å²) in [5.74, 6) is 0.977. The Morgan fingerprint density at radius 1 is 0.356 bits per heavy atom. The molecular formula is C46H33BF24OS. The Morgan fingerprint density at radius 2 is 0.548 bits per heavy atom. The maximum absolute atomic E-state index is 14.2. The van der Waals surface area contributed by atoms with Gasteiger partial charge in [-0.25, -0.2) is 0 Å². The standard InChI is InChI=1S/C32H12BF24.C14H21OS/c34-25(35,36)13-1-14(26(37,38)39)6-21(5-13)33(22-7-15(27(40,41)42)2-16(8-22)28(43,44)45,23-9-17(29(46,47)48)3-18(10-23)30(49,50)51)24-11-19(31(52,53)54)4-20(12-24)32(55,56)57;1-11(2)16(12(3)4)10-14(15)13-8-6-5-7-9-13/h1-12H;5-9,11-12H,10H2,1-4H3/q-1;+1. The molecule has 0 N–H and O–H groups in total. The molecule has 0 bridgehead atoms. The molecule has 0 saturated heterocycles. The molecule has 0 aromatic heterocycles. The summed E-state index contributed by atoms with van der Waals surface area (Å²) in [6, 6.07) is 0.803. The average Bonchev–Trinajstić information content (AvgIpc) is 3.23. The van der Waals surface area contributed by atoms with E-state index >= 15 is 0 Å². The lowest BCUT2D eigenvalue weighted by Crippen LogP contribution is -2.75. The highest BCUT2D eigenvalue weighted by molar-refractivity contribution is 7.98. The summed E-state index contributed by atoms with van der Waals surface area (Å²) in [4.78, 5) is 12.1. The quantitative estimate of drug-likeness (QED) is 0.0622. The maximum atomic E-state index is 14.2. The van der Waals surface area contributed by atoms with E-state index in [1.165, 1.54) is 0 Å². The molecule has 0 fully saturated rings. The third-order valence-corrected chi connectivity index (χ3v) is 14.1. The molecule has 27 heteroatoms. The molecular weight excluding hydrogens is 1070 g/mol. The fraction of sp³-hybridized carbons (Fsp3) is 0.326. The molecule has 400 valence electrons. The average molecular weight is 1100 g/mol. The lowest BCUT2D eigenvalue weighted by molar-refractivity contribution is -0.144. The van der Waals surface area contributed by atoms with Crippen LogP contribution < -0.4 is 21.9 Å². The van der Waals surface area contributed by atoms with Crippen molar-refractivity contribution in [3.63, 3.8) is 0 Å². The van der Waals surface area contributed by atoms with Crippen LogP contribution >= 0.6 is 0 Å². The minimum absolute atomic E-state index is 0.192. The van der Waals surface area contributed by atoms with Gasteiger partial charge in [0.25, 0.3) is 0 Å². The molecule has 1 nitrogen and oxygen atoms in total. The zero-order chi connectivity index (χ0) is 56.0. The number of Topliss-reactive ketones (excluding diaryl/α,β-unsaturated/α-hetero) is 1. The van der Waals surface area contributed by atoms with Crippen LogP contribution in [0.2, 0.25) is 0 Å². The van der Waals surface area contributed by atoms with Crippen LogP contribution in [-0.4, -0.2) is 28.2 Å². The topological polar surface area (TPSA) is 17.1 Å². The molecule has 0 aliphatic heterocycles. The number of carbonyl (C=O) groups excluding carboxylic acids is 1. The normalized spacial score (nSPS) is 13.7. The lowest BCUT2D eigenvalue weighted by Gasteiger charge is -2.46. The first-order valence-corrected chi connectivity index (χ1v) is 21.9. The van der Waals surface area contributed by atoms with E-state index in [2.05, 4.69) is 27.7 Å². The smallest absolute Gasteiger partial charge is 0.289 e. The van der Waals surface area contributed by atoms with Gasteiger partial charge in [0.15, 0.2) is 5.75 Å². The predicted molar refractivity (Wildman–Crippen MR) is 223 cm³/mol. The highest BCUT2D eigenvalue weighted by Crippen LogP contribution is 2.41. The molecule has 0 saturated carbocycles. The van der Waals surface area contributed by atoms with Crippen molar-refractivity contribution in [3.8, 4) is 0 Å². The van der Waals surface area contributed by atoms with Crippen molar-refractivity contribution in [2.24, 2.45) is 0 Å². The SMILES string of the molecule is CC(C)[S+](CC(=O)c1ccccc1)C(C)C.FC(F)(F)c1cc([B-](c2cc(C(F)(F)F)cc(C(F)(F)F)c2)(c2cc(C(F)(F)F)cc(C(F)(F)F)c2)c2cc(C(F)(F)F)cc(C(F)(F)F)c2)cc(C(F)(F)F)c1. The highest BCUT2D eigenvalue weighted by atomic mass is 32.2. The fourth-order valence-electron chi connectivity index (χ4n) is 7.81. The van der Waals surface area contributed by atoms with Gasteiger partial charge in [0, 0.05) is 16.5 Å². The van der Waals surface area contributed by atoms with Gasteiger partial charge in [-0.05, 0) is 52.0 Å². The van der Waals surface area contributed by atoms with Crippen LogP contribution in [0, 0.1) is 0 Å². The van der Waals surface area contributed by atoms with E-state index in [0.717, 1.165) is 5.56 Å². The van der Waals surface area contributed by atoms with Gasteiger partial charge in [-0.15, -0.1) is 0 Å². The van der Waals surface area contributed by atoms with E-state index < -0.39 is 195 Å². The Kier molecular flexibility index (Phi) is 17.0. The van der Waals surface area contributed by atoms with Crippen LogP contribution in [0.1, 0.15) is 82.6 Å². The number of rotatable bonds is 9. The van der Waals surface area contributed by atoms with Crippen LogP contribution in [0.5, 0.6) is 0 Å². The first-order valence-electron chi connectivity index (χ1n) is 20.4. The van der Waals surface area contributed by atoms with Crippen LogP contribution in [0.15, 0.2) is 103 Å². The number of alkyl halides is 24. The minimum atomic E-state index is -6.13. The summed E-state index contributed by atoms with van der Waals surface area (Å²) in [7, 11) is 0.192. The number of carbonyl (C=O) groups is 1. The first kappa shape index (κ1) is 60.1. The molecule has 73 heavy (non-hydrogen) atoms. The van der Waals surface area contributed by atoms with Gasteiger partial charge in [0.2, 0.25) is 5.78 Å². The molecule has 0 aliphatic carbocycles. The first-order chi connectivity index (χ1) is 32.8. The zero-order valence-corrected chi connectivity index (χ0v) is 38.0. The molecule has 0 heterocycles. The number of ketones is 1. The van der Waals surface area contributed by atoms with Gasteiger partial charge < -0.3 is 0 Å². The number of halogens is 24. The van der Waals surface area contributed by atoms with Gasteiger partial charge >= 0.3 is 49.4 Å². The van der Waals surface area contributed by atoms with E-state index in [1.54, 1.807) is 0 Å². The third-order valence-electron chi connectivity index (χ3n) is 11.0. The molecule has 5 aromatic carbocycles. The van der Waals surface area contributed by atoms with E-state index in [1.807, 2.05) is 30.3 Å². The van der Waals surface area contributed by atoms with E-state index in [9.17, 15) is 110 Å². The van der Waals surface area contributed by atoms with Crippen LogP contribution in [-0.2, 0) is 60.3 Å². The van der Waals surface area contributed by atoms with Gasteiger partial charge in [0.05, 0.1) is 44.5 Å². The van der Waals surface area contributed by atoms with Crippen LogP contribution in [0.3, 0.4) is 0 Å². The Labute approximate surface area is 400 Å². The number of benzene rings is 5. The minimum Gasteiger partial charge on any atom is -0.289 e. The van der Waals surface area contributed by atoms with Crippen molar-refractivity contribution in [2.45, 2.75) is 87.6 Å². The molecule has 0 amide bonds. The van der Waals surface area contributed by atoms with E-state index in [4.69, 9.17) is 0 Å². The molecule has 0 aliphatic rings. The van der Waals surface area contributed by atoms with Gasteiger partial charge in [-0.3, -0.25) is 4.79 Å². The van der Waals surface area contributed by atoms with Crippen molar-refractivity contribution in [2.75, 3.05) is 5.75 Å². The van der Waals surface area contributed by atoms with Crippen molar-refractivity contribution in [3.05, 3.63) is 153 Å². The fourth-order valence-corrected chi connectivity index (χ4v) is 10.0. The second-order valence-corrected chi connectivity index (χ2v) is 19.8. The Morgan fingerprint density at radius 3 is 0.712 bits per heavy atom. The maximum Gasteiger partial charge on any atom is 0.416 e. The second-order valence-electron chi connectivity index (χ2n) is 16.7. The lowest BCUT2D eigenvalue weighted by atomic mass is 9.12. The number of hydrogen-bond acceptors (Lipinski definition) is 1. The molecule has 5 rings (SSSR count). The summed E-state index contributed by atoms with van der Waals surface area (Å²) in [6.45, 7) is 8.84. The summed E-state index contributed by atoms with van der Waals surface area (Å²) in [6.07, 6.45) is -54.8. The molecule has 0 unspecified atom stereocenters. The van der Waals surface area contributed by atoms with Crippen molar-refractivity contribution in [1.29, 1.82) is 0 Å². The second kappa shape index (κ2) is 20.7. The van der Waals surface area contributed by atoms with Gasteiger partial charge in [-0.2, -0.15) is 127 Å². The Bertz CT molecular complexity index is 2290. The Hall–Kier alpha value is -5.50. The summed E-state index contributed by atoms with van der Waals surface area (Å²) >= 11 is 0. The highest BCUT2D eigenvalue weighted by Gasteiger charge is 2.47. The molecule has 0 radical (unpaired) electrons. The van der Waals surface area contributed by atoms with Crippen molar-refractivity contribution >= 4 is 44.7 Å². The van der Waals surface area contributed by atoms with Gasteiger partial charge in [0.1, 0.15) is 16.6 Å². The van der Waals surface area contributed by atoms with E-state index in [-0.39, 0.29) is 16.7 Å². The van der Waals surface area contributed by atoms with Crippen LogP contribution in [0.25, 0.3) is 0 Å². The van der Waals surface area contributed by atoms with E-state index in [0.29, 0.717) is 16.3 Å². The predicted octanol–water partition coefficient (Wildman–Crippen LogP) is 14.5. The van der Waals surface area contributed by atoms with Crippen LogP contribution in [0.4, 0.5) is 105 Å². The molecule has 5 aromatic rings. The van der Waals surface area contributed by atoms with Crippen molar-refractivity contribution < 1.29 is 110 Å². The Balaban J connectivity index is 0.000000613. The number of hydrogen-bond donors (Lipinski definition) is 0. The monoisotopic (exact) mass is 1100 g/mol. The summed E-state index contributed by atoms with van der Waals surface area (Å²) < 4.78 is 341. The molecule has 0 atom stereocenters.